The Morgan fingerprint density at radius 1 is 1.24 bits per heavy atom. The monoisotopic (exact) mass is 443 g/mol. The van der Waals surface area contributed by atoms with E-state index in [1.165, 1.54) is 49.6 Å². The molecule has 1 amide bonds. The molecule has 0 aliphatic carbocycles. The van der Waals surface area contributed by atoms with Crippen LogP contribution in [0.15, 0.2) is 47.4 Å². The fraction of sp³-hybridized carbons (Fsp3) is 0.235. The van der Waals surface area contributed by atoms with Crippen molar-refractivity contribution in [3.63, 3.8) is 0 Å². The van der Waals surface area contributed by atoms with Crippen LogP contribution < -0.4 is 14.8 Å². The number of rotatable bonds is 10. The third kappa shape index (κ3) is 6.68. The van der Waals surface area contributed by atoms with Crippen molar-refractivity contribution >= 4 is 38.9 Å². The number of carbonyl (C=O) groups excluding carboxylic acids is 1. The number of anilines is 1. The Balaban J connectivity index is 1.97. The number of benzene rings is 2. The van der Waals surface area contributed by atoms with Crippen LogP contribution in [0.2, 0.25) is 5.02 Å². The zero-order chi connectivity index (χ0) is 21.4. The molecule has 0 aromatic heterocycles. The van der Waals surface area contributed by atoms with E-state index in [0.717, 1.165) is 0 Å². The molecule has 12 heteroatoms. The summed E-state index contributed by atoms with van der Waals surface area (Å²) >= 11 is 6.05. The molecule has 29 heavy (non-hydrogen) atoms. The fourth-order valence-corrected chi connectivity index (χ4v) is 3.50. The van der Waals surface area contributed by atoms with Gasteiger partial charge in [0.2, 0.25) is 10.0 Å². The van der Waals surface area contributed by atoms with Gasteiger partial charge in [-0.1, -0.05) is 17.7 Å². The summed E-state index contributed by atoms with van der Waals surface area (Å²) in [5, 5.41) is 13.2. The van der Waals surface area contributed by atoms with E-state index in [9.17, 15) is 23.3 Å². The van der Waals surface area contributed by atoms with E-state index in [-0.39, 0.29) is 40.2 Å². The molecule has 0 fully saturated rings. The Morgan fingerprint density at radius 3 is 2.66 bits per heavy atom. The number of methoxy groups -OCH3 is 1. The summed E-state index contributed by atoms with van der Waals surface area (Å²) in [7, 11) is -2.31. The lowest BCUT2D eigenvalue weighted by Gasteiger charge is -2.11. The van der Waals surface area contributed by atoms with E-state index in [4.69, 9.17) is 21.1 Å². The van der Waals surface area contributed by atoms with Gasteiger partial charge in [0.05, 0.1) is 21.4 Å². The highest BCUT2D eigenvalue weighted by Gasteiger charge is 2.16. The molecule has 2 aromatic carbocycles. The number of halogens is 1. The van der Waals surface area contributed by atoms with Crippen molar-refractivity contribution in [1.82, 2.24) is 4.72 Å². The molecule has 0 bridgehead atoms. The van der Waals surface area contributed by atoms with Gasteiger partial charge in [-0.2, -0.15) is 0 Å². The number of carbonyl (C=O) groups is 1. The molecular weight excluding hydrogens is 426 g/mol. The van der Waals surface area contributed by atoms with Gasteiger partial charge in [0.15, 0.2) is 6.61 Å². The molecular formula is C17H18ClN3O7S. The van der Waals surface area contributed by atoms with Gasteiger partial charge in [0.25, 0.3) is 11.6 Å². The number of nitrogens with zero attached hydrogens (tertiary/aromatic N) is 1. The third-order valence-electron chi connectivity index (χ3n) is 3.51. The average molecular weight is 444 g/mol. The normalized spacial score (nSPS) is 11.1. The van der Waals surface area contributed by atoms with Gasteiger partial charge in [-0.25, -0.2) is 13.1 Å². The van der Waals surface area contributed by atoms with Crippen molar-refractivity contribution < 1.29 is 27.6 Å². The highest BCUT2D eigenvalue weighted by atomic mass is 35.5. The van der Waals surface area contributed by atoms with Crippen LogP contribution in [0.25, 0.3) is 0 Å². The average Bonchev–Trinajstić information content (AvgIpc) is 2.67. The predicted molar refractivity (Wildman–Crippen MR) is 106 cm³/mol. The molecule has 0 saturated heterocycles. The minimum atomic E-state index is -3.76. The van der Waals surface area contributed by atoms with Crippen LogP contribution in [0.5, 0.6) is 5.75 Å². The van der Waals surface area contributed by atoms with Gasteiger partial charge >= 0.3 is 0 Å². The van der Waals surface area contributed by atoms with Gasteiger partial charge in [-0.3, -0.25) is 14.9 Å². The van der Waals surface area contributed by atoms with Crippen LogP contribution in [0, 0.1) is 10.1 Å². The number of hydrogen-bond donors (Lipinski definition) is 2. The lowest BCUT2D eigenvalue weighted by Crippen LogP contribution is -2.27. The SMILES string of the molecule is COCCNS(=O)(=O)c1ccc(OCC(=O)Nc2cccc([N+](=O)[O-])c2)c(Cl)c1. The fourth-order valence-electron chi connectivity index (χ4n) is 2.16. The van der Waals surface area contributed by atoms with Gasteiger partial charge < -0.3 is 14.8 Å². The molecule has 0 spiro atoms. The molecule has 2 N–H and O–H groups in total. The Kier molecular flexibility index (Phi) is 7.91. The number of sulfonamides is 1. The van der Waals surface area contributed by atoms with Crippen LogP contribution in [0.3, 0.4) is 0 Å². The molecule has 0 atom stereocenters. The minimum Gasteiger partial charge on any atom is -0.482 e. The van der Waals surface area contributed by atoms with Crippen LogP contribution >= 0.6 is 11.6 Å². The minimum absolute atomic E-state index is 0.00256. The second-order valence-corrected chi connectivity index (χ2v) is 7.80. The second kappa shape index (κ2) is 10.2. The number of nitro groups is 1. The number of non-ortho nitro benzene ring substituents is 1. The van der Waals surface area contributed by atoms with E-state index in [2.05, 4.69) is 10.0 Å². The van der Waals surface area contributed by atoms with Crippen LogP contribution in [-0.4, -0.2) is 46.1 Å². The first-order valence-corrected chi connectivity index (χ1v) is 10.0. The van der Waals surface area contributed by atoms with Crippen molar-refractivity contribution in [2.75, 3.05) is 32.2 Å². The van der Waals surface area contributed by atoms with Crippen molar-refractivity contribution in [1.29, 1.82) is 0 Å². The maximum Gasteiger partial charge on any atom is 0.271 e. The lowest BCUT2D eigenvalue weighted by atomic mass is 10.3. The first-order chi connectivity index (χ1) is 13.7. The third-order valence-corrected chi connectivity index (χ3v) is 5.27. The summed E-state index contributed by atoms with van der Waals surface area (Å²) < 4.78 is 36.7. The van der Waals surface area contributed by atoms with Gasteiger partial charge in [0.1, 0.15) is 5.75 Å². The Morgan fingerprint density at radius 2 is 2.00 bits per heavy atom. The topological polar surface area (TPSA) is 137 Å². The summed E-state index contributed by atoms with van der Waals surface area (Å²) in [5.74, 6) is -0.462. The van der Waals surface area contributed by atoms with E-state index in [1.54, 1.807) is 0 Å². The van der Waals surface area contributed by atoms with E-state index < -0.39 is 27.5 Å². The Labute approximate surface area is 172 Å². The summed E-state index contributed by atoms with van der Waals surface area (Å²) in [5.41, 5.74) is 0.0742. The largest absolute Gasteiger partial charge is 0.482 e. The Bertz CT molecular complexity index is 998. The van der Waals surface area contributed by atoms with Crippen molar-refractivity contribution in [2.45, 2.75) is 4.90 Å². The number of nitro benzene ring substituents is 1. The summed E-state index contributed by atoms with van der Waals surface area (Å²) in [6.45, 7) is -0.110. The van der Waals surface area contributed by atoms with Crippen molar-refractivity contribution in [3.05, 3.63) is 57.6 Å². The Hall–Kier alpha value is -2.73. The predicted octanol–water partition coefficient (Wildman–Crippen LogP) is 2.19. The summed E-state index contributed by atoms with van der Waals surface area (Å²) in [6, 6.07) is 9.25. The lowest BCUT2D eigenvalue weighted by molar-refractivity contribution is -0.384. The van der Waals surface area contributed by atoms with E-state index in [0.29, 0.717) is 0 Å². The van der Waals surface area contributed by atoms with Crippen LogP contribution in [0.1, 0.15) is 0 Å². The quantitative estimate of drug-likeness (QED) is 0.326. The first kappa shape index (κ1) is 22.6. The smallest absolute Gasteiger partial charge is 0.271 e. The van der Waals surface area contributed by atoms with Crippen molar-refractivity contribution in [2.24, 2.45) is 0 Å². The summed E-state index contributed by atoms with van der Waals surface area (Å²) in [4.78, 5) is 22.1. The zero-order valence-electron chi connectivity index (χ0n) is 15.3. The molecule has 10 nitrogen and oxygen atoms in total. The molecule has 0 aliphatic rings. The van der Waals surface area contributed by atoms with Crippen LogP contribution in [0.4, 0.5) is 11.4 Å². The molecule has 0 aliphatic heterocycles. The molecule has 0 radical (unpaired) electrons. The van der Waals surface area contributed by atoms with Gasteiger partial charge in [-0.05, 0) is 24.3 Å². The molecule has 2 rings (SSSR count). The maximum atomic E-state index is 12.1. The van der Waals surface area contributed by atoms with Gasteiger partial charge in [-0.15, -0.1) is 0 Å². The van der Waals surface area contributed by atoms with Crippen molar-refractivity contribution in [3.8, 4) is 5.75 Å². The number of nitrogens with one attached hydrogen (secondary N) is 2. The number of ether oxygens (including phenoxy) is 2. The summed E-state index contributed by atoms with van der Waals surface area (Å²) in [6.07, 6.45) is 0. The second-order valence-electron chi connectivity index (χ2n) is 5.63. The number of amides is 1. The van der Waals surface area contributed by atoms with E-state index in [1.807, 2.05) is 0 Å². The molecule has 0 saturated carbocycles. The van der Waals surface area contributed by atoms with E-state index >= 15 is 0 Å². The van der Waals surface area contributed by atoms with Gasteiger partial charge in [0, 0.05) is 31.5 Å². The first-order valence-electron chi connectivity index (χ1n) is 8.18. The highest BCUT2D eigenvalue weighted by Crippen LogP contribution is 2.27. The molecule has 156 valence electrons. The zero-order valence-corrected chi connectivity index (χ0v) is 16.8. The number of hydrogen-bond acceptors (Lipinski definition) is 7. The molecule has 0 unspecified atom stereocenters. The van der Waals surface area contributed by atoms with Crippen LogP contribution in [-0.2, 0) is 19.6 Å². The molecule has 0 heterocycles. The molecule has 2 aromatic rings. The standard InChI is InChI=1S/C17H18ClN3O7S/c1-27-8-7-19-29(25,26)14-5-6-16(15(18)10-14)28-11-17(22)20-12-3-2-4-13(9-12)21(23)24/h2-6,9-10,19H,7-8,11H2,1H3,(H,20,22). The maximum absolute atomic E-state index is 12.1. The highest BCUT2D eigenvalue weighted by molar-refractivity contribution is 7.89.